The number of halogens is 1. The van der Waals surface area contributed by atoms with Crippen LogP contribution in [0.25, 0.3) is 10.9 Å². The minimum absolute atomic E-state index is 0.195. The quantitative estimate of drug-likeness (QED) is 0.873. The lowest BCUT2D eigenvalue weighted by Crippen LogP contribution is -2.36. The van der Waals surface area contributed by atoms with E-state index in [2.05, 4.69) is 65.8 Å². The van der Waals surface area contributed by atoms with Crippen LogP contribution in [-0.4, -0.2) is 15.5 Å². The third kappa shape index (κ3) is 3.92. The molecular formula is C16H21BrN3. The van der Waals surface area contributed by atoms with Gasteiger partial charge in [0.05, 0.1) is 5.52 Å². The molecule has 1 atom stereocenters. The van der Waals surface area contributed by atoms with E-state index in [4.69, 9.17) is 0 Å². The molecule has 2 rings (SSSR count). The first-order chi connectivity index (χ1) is 9.16. The molecule has 1 aromatic heterocycles. The molecule has 2 aromatic rings. The summed E-state index contributed by atoms with van der Waals surface area (Å²) in [6, 6.07) is 5.97. The molecular weight excluding hydrogens is 314 g/mol. The Hall–Kier alpha value is -1.16. The van der Waals surface area contributed by atoms with Gasteiger partial charge < -0.3 is 5.32 Å². The van der Waals surface area contributed by atoms with Crippen LogP contribution in [0, 0.1) is 12.3 Å². The highest BCUT2D eigenvalue weighted by Gasteiger charge is 2.26. The van der Waals surface area contributed by atoms with Crippen LogP contribution in [-0.2, 0) is 0 Å². The molecule has 0 saturated carbocycles. The molecule has 0 saturated heterocycles. The molecule has 0 fully saturated rings. The van der Waals surface area contributed by atoms with Crippen molar-refractivity contribution in [2.75, 3.05) is 5.32 Å². The van der Waals surface area contributed by atoms with Crippen LogP contribution in [0.15, 0.2) is 28.9 Å². The highest BCUT2D eigenvalue weighted by atomic mass is 79.9. The van der Waals surface area contributed by atoms with Crippen LogP contribution < -0.4 is 5.32 Å². The third-order valence-electron chi connectivity index (χ3n) is 2.90. The second-order valence-electron chi connectivity index (χ2n) is 6.79. The third-order valence-corrected chi connectivity index (χ3v) is 3.54. The molecule has 3 nitrogen and oxygen atoms in total. The zero-order chi connectivity index (χ0) is 15.0. The minimum atomic E-state index is -0.298. The highest BCUT2D eigenvalue weighted by Crippen LogP contribution is 2.29. The van der Waals surface area contributed by atoms with E-state index in [1.165, 1.54) is 0 Å². The fourth-order valence-corrected chi connectivity index (χ4v) is 3.03. The lowest BCUT2D eigenvalue weighted by molar-refractivity contribution is 0.319. The molecule has 0 spiro atoms. The van der Waals surface area contributed by atoms with E-state index in [1.54, 1.807) is 0 Å². The Bertz CT molecular complexity index is 615. The molecule has 0 amide bonds. The van der Waals surface area contributed by atoms with E-state index < -0.39 is 0 Å². The number of nitrogens with zero attached hydrogens (tertiary/aromatic N) is 2. The van der Waals surface area contributed by atoms with Gasteiger partial charge in [0, 0.05) is 21.6 Å². The maximum Gasteiger partial charge on any atom is 0.223 e. The van der Waals surface area contributed by atoms with Gasteiger partial charge in [0.25, 0.3) is 0 Å². The van der Waals surface area contributed by atoms with Crippen LogP contribution in [0.1, 0.15) is 34.1 Å². The fraction of sp³-hybridized carbons (Fsp3) is 0.438. The van der Waals surface area contributed by atoms with Crippen molar-refractivity contribution in [1.82, 2.24) is 9.97 Å². The second-order valence-corrected chi connectivity index (χ2v) is 7.65. The highest BCUT2D eigenvalue weighted by molar-refractivity contribution is 9.10. The smallest absolute Gasteiger partial charge is 0.223 e. The molecule has 107 valence electrons. The minimum Gasteiger partial charge on any atom is -0.349 e. The zero-order valence-corrected chi connectivity index (χ0v) is 14.1. The molecule has 0 bridgehead atoms. The average molecular weight is 335 g/mol. The van der Waals surface area contributed by atoms with Crippen molar-refractivity contribution < 1.29 is 0 Å². The van der Waals surface area contributed by atoms with E-state index in [1.807, 2.05) is 24.4 Å². The Morgan fingerprint density at radius 2 is 1.95 bits per heavy atom. The van der Waals surface area contributed by atoms with Gasteiger partial charge in [-0.3, -0.25) is 0 Å². The summed E-state index contributed by atoms with van der Waals surface area (Å²) in [5.74, 6) is 0.617. The Morgan fingerprint density at radius 1 is 1.25 bits per heavy atom. The zero-order valence-electron chi connectivity index (χ0n) is 12.5. The van der Waals surface area contributed by atoms with Gasteiger partial charge in [-0.15, -0.1) is 0 Å². The van der Waals surface area contributed by atoms with Crippen LogP contribution in [0.5, 0.6) is 0 Å². The number of rotatable bonds is 3. The number of hydrogen-bond donors (Lipinski definition) is 1. The van der Waals surface area contributed by atoms with Gasteiger partial charge in [0.15, 0.2) is 0 Å². The van der Waals surface area contributed by atoms with Gasteiger partial charge in [-0.2, -0.15) is 0 Å². The summed E-state index contributed by atoms with van der Waals surface area (Å²) in [4.78, 5) is 8.96. The van der Waals surface area contributed by atoms with E-state index in [0.717, 1.165) is 21.8 Å². The molecule has 1 unspecified atom stereocenters. The molecule has 0 aliphatic heterocycles. The largest absolute Gasteiger partial charge is 0.349 e. The number of anilines is 1. The second kappa shape index (κ2) is 5.32. The average Bonchev–Trinajstić information content (AvgIpc) is 2.26. The standard InChI is InChI=1S/C16H21BrN3/c1-15(2,3)10-16(4,5)20-14-18-9-11-7-6-8-12(17)13(11)19-14/h6-9H,4,10H2,1-3,5H3,(H,18,19,20). The monoisotopic (exact) mass is 334 g/mol. The number of hydrogen-bond acceptors (Lipinski definition) is 3. The first kappa shape index (κ1) is 15.2. The molecule has 20 heavy (non-hydrogen) atoms. The summed E-state index contributed by atoms with van der Waals surface area (Å²) < 4.78 is 0.974. The molecule has 1 heterocycles. The van der Waals surface area contributed by atoms with Crippen molar-refractivity contribution in [2.45, 2.75) is 39.7 Å². The van der Waals surface area contributed by atoms with Gasteiger partial charge in [-0.1, -0.05) is 32.9 Å². The first-order valence-electron chi connectivity index (χ1n) is 6.71. The maximum atomic E-state index is 4.58. The molecule has 1 radical (unpaired) electrons. The summed E-state index contributed by atoms with van der Waals surface area (Å²) in [6.07, 6.45) is 2.76. The summed E-state index contributed by atoms with van der Waals surface area (Å²) in [5, 5.41) is 4.36. The summed E-state index contributed by atoms with van der Waals surface area (Å²) in [7, 11) is 0. The lowest BCUT2D eigenvalue weighted by Gasteiger charge is -2.33. The Kier molecular flexibility index (Phi) is 4.05. The Labute approximate surface area is 129 Å². The van der Waals surface area contributed by atoms with Crippen LogP contribution in [0.2, 0.25) is 0 Å². The SMILES string of the molecule is [CH2]C(C)(CC(C)(C)C)Nc1ncc2cccc(Br)c2n1. The number of fused-ring (bicyclic) bond motifs is 1. The summed E-state index contributed by atoms with van der Waals surface area (Å²) >= 11 is 3.53. The number of benzene rings is 1. The molecule has 1 N–H and O–H groups in total. The maximum absolute atomic E-state index is 4.58. The van der Waals surface area contributed by atoms with Crippen LogP contribution in [0.4, 0.5) is 5.95 Å². The van der Waals surface area contributed by atoms with Crippen molar-refractivity contribution in [2.24, 2.45) is 5.41 Å². The number of nitrogens with one attached hydrogen (secondary N) is 1. The molecule has 4 heteroatoms. The van der Waals surface area contributed by atoms with Gasteiger partial charge in [-0.25, -0.2) is 9.97 Å². The van der Waals surface area contributed by atoms with Crippen LogP contribution in [0.3, 0.4) is 0 Å². The Morgan fingerprint density at radius 3 is 2.60 bits per heavy atom. The Balaban J connectivity index is 2.28. The first-order valence-corrected chi connectivity index (χ1v) is 7.50. The molecule has 0 aliphatic rings. The molecule has 1 aromatic carbocycles. The summed E-state index contributed by atoms with van der Waals surface area (Å²) in [6.45, 7) is 12.9. The van der Waals surface area contributed by atoms with Gasteiger partial charge in [0.1, 0.15) is 0 Å². The van der Waals surface area contributed by atoms with Crippen molar-refractivity contribution in [3.05, 3.63) is 35.8 Å². The predicted octanol–water partition coefficient (Wildman–Crippen LogP) is 4.83. The molecule has 0 aliphatic carbocycles. The fourth-order valence-electron chi connectivity index (χ4n) is 2.56. The van der Waals surface area contributed by atoms with Gasteiger partial charge >= 0.3 is 0 Å². The van der Waals surface area contributed by atoms with E-state index >= 15 is 0 Å². The van der Waals surface area contributed by atoms with Crippen molar-refractivity contribution in [1.29, 1.82) is 0 Å². The van der Waals surface area contributed by atoms with Crippen molar-refractivity contribution >= 4 is 32.8 Å². The van der Waals surface area contributed by atoms with E-state index in [9.17, 15) is 0 Å². The van der Waals surface area contributed by atoms with Gasteiger partial charge in [0.2, 0.25) is 5.95 Å². The van der Waals surface area contributed by atoms with Crippen LogP contribution >= 0.6 is 15.9 Å². The van der Waals surface area contributed by atoms with Gasteiger partial charge in [-0.05, 0) is 47.7 Å². The normalized spacial score (nSPS) is 12.7. The number of aromatic nitrogens is 2. The van der Waals surface area contributed by atoms with Crippen molar-refractivity contribution in [3.63, 3.8) is 0 Å². The predicted molar refractivity (Wildman–Crippen MR) is 88.7 cm³/mol. The summed E-state index contributed by atoms with van der Waals surface area (Å²) in [5.41, 5.74) is 0.810. The van der Waals surface area contributed by atoms with Crippen molar-refractivity contribution in [3.8, 4) is 0 Å². The van der Waals surface area contributed by atoms with E-state index in [-0.39, 0.29) is 11.0 Å². The topological polar surface area (TPSA) is 37.8 Å². The lowest BCUT2D eigenvalue weighted by atomic mass is 9.82. The van der Waals surface area contributed by atoms with E-state index in [0.29, 0.717) is 5.95 Å². The number of para-hydroxylation sites is 1.